The maximum atomic E-state index is 12.5. The van der Waals surface area contributed by atoms with Crippen molar-refractivity contribution in [2.24, 2.45) is 0 Å². The van der Waals surface area contributed by atoms with Crippen molar-refractivity contribution in [3.05, 3.63) is 76.5 Å². The molecule has 0 bridgehead atoms. The average Bonchev–Trinajstić information content (AvgIpc) is 3.06. The average molecular weight is 333 g/mol. The molecule has 0 unspecified atom stereocenters. The van der Waals surface area contributed by atoms with Gasteiger partial charge in [-0.3, -0.25) is 4.79 Å². The van der Waals surface area contributed by atoms with Gasteiger partial charge >= 0.3 is 5.97 Å². The van der Waals surface area contributed by atoms with E-state index in [4.69, 9.17) is 4.74 Å². The van der Waals surface area contributed by atoms with Crippen molar-refractivity contribution in [1.29, 1.82) is 0 Å². The van der Waals surface area contributed by atoms with Gasteiger partial charge in [0, 0.05) is 17.1 Å². The van der Waals surface area contributed by atoms with E-state index in [0.717, 1.165) is 10.9 Å². The van der Waals surface area contributed by atoms with Gasteiger partial charge in [0.2, 0.25) is 0 Å². The van der Waals surface area contributed by atoms with Crippen molar-refractivity contribution < 1.29 is 9.53 Å². The number of hydrogen-bond acceptors (Lipinski definition) is 4. The SMILES string of the molecule is C[C@@H](OC(=O)c1c[nH]c2ccccc12)c1nc2ccccc2c(=O)[nH]1. The third-order valence-corrected chi connectivity index (χ3v) is 4.11. The fourth-order valence-corrected chi connectivity index (χ4v) is 2.82. The number of benzene rings is 2. The number of fused-ring (bicyclic) bond motifs is 2. The van der Waals surface area contributed by atoms with Gasteiger partial charge in [0.1, 0.15) is 0 Å². The summed E-state index contributed by atoms with van der Waals surface area (Å²) in [7, 11) is 0. The molecular weight excluding hydrogens is 318 g/mol. The number of nitrogens with one attached hydrogen (secondary N) is 2. The molecule has 0 spiro atoms. The minimum atomic E-state index is -0.682. The van der Waals surface area contributed by atoms with Crippen molar-refractivity contribution in [3.8, 4) is 0 Å². The van der Waals surface area contributed by atoms with E-state index >= 15 is 0 Å². The third kappa shape index (κ3) is 2.67. The van der Waals surface area contributed by atoms with Crippen LogP contribution in [-0.4, -0.2) is 20.9 Å². The molecule has 0 amide bonds. The Hall–Kier alpha value is -3.41. The maximum absolute atomic E-state index is 12.5. The van der Waals surface area contributed by atoms with E-state index < -0.39 is 12.1 Å². The molecule has 0 saturated heterocycles. The largest absolute Gasteiger partial charge is 0.451 e. The summed E-state index contributed by atoms with van der Waals surface area (Å²) in [4.78, 5) is 34.8. The van der Waals surface area contributed by atoms with Gasteiger partial charge in [0.05, 0.1) is 16.5 Å². The van der Waals surface area contributed by atoms with Crippen LogP contribution < -0.4 is 5.56 Å². The molecule has 2 aromatic carbocycles. The monoisotopic (exact) mass is 333 g/mol. The summed E-state index contributed by atoms with van der Waals surface area (Å²) in [5, 5.41) is 1.29. The molecule has 25 heavy (non-hydrogen) atoms. The van der Waals surface area contributed by atoms with E-state index in [0.29, 0.717) is 22.3 Å². The van der Waals surface area contributed by atoms with Gasteiger partial charge in [-0.15, -0.1) is 0 Å². The first-order chi connectivity index (χ1) is 12.1. The molecule has 4 rings (SSSR count). The molecule has 0 saturated carbocycles. The second-order valence-electron chi connectivity index (χ2n) is 5.76. The zero-order valence-electron chi connectivity index (χ0n) is 13.4. The Bertz CT molecular complexity index is 1140. The highest BCUT2D eigenvalue weighted by molar-refractivity contribution is 6.04. The molecule has 0 aliphatic rings. The number of carbonyl (C=O) groups is 1. The summed E-state index contributed by atoms with van der Waals surface area (Å²) in [6, 6.07) is 14.5. The predicted octanol–water partition coefficient (Wildman–Crippen LogP) is 3.32. The Labute approximate surface area is 142 Å². The molecule has 4 aromatic rings. The molecule has 0 radical (unpaired) electrons. The van der Waals surface area contributed by atoms with Crippen LogP contribution in [0.5, 0.6) is 0 Å². The van der Waals surface area contributed by atoms with Gasteiger partial charge in [-0.25, -0.2) is 9.78 Å². The van der Waals surface area contributed by atoms with E-state index in [1.807, 2.05) is 24.3 Å². The molecule has 0 aliphatic carbocycles. The number of aromatic amines is 2. The van der Waals surface area contributed by atoms with Crippen LogP contribution >= 0.6 is 0 Å². The number of ether oxygens (including phenoxy) is 1. The minimum Gasteiger partial charge on any atom is -0.451 e. The fraction of sp³-hybridized carbons (Fsp3) is 0.105. The lowest BCUT2D eigenvalue weighted by molar-refractivity contribution is 0.0322. The number of para-hydroxylation sites is 2. The van der Waals surface area contributed by atoms with Gasteiger partial charge in [0.25, 0.3) is 5.56 Å². The predicted molar refractivity (Wildman–Crippen MR) is 94.5 cm³/mol. The number of aromatic nitrogens is 3. The molecule has 2 N–H and O–H groups in total. The van der Waals surface area contributed by atoms with Crippen LogP contribution in [0.3, 0.4) is 0 Å². The maximum Gasteiger partial charge on any atom is 0.341 e. The molecule has 0 fully saturated rings. The highest BCUT2D eigenvalue weighted by Gasteiger charge is 2.19. The minimum absolute atomic E-state index is 0.254. The number of hydrogen-bond donors (Lipinski definition) is 2. The molecule has 6 nitrogen and oxygen atoms in total. The lowest BCUT2D eigenvalue weighted by Crippen LogP contribution is -2.17. The van der Waals surface area contributed by atoms with E-state index in [1.165, 1.54) is 0 Å². The number of carbonyl (C=O) groups excluding carboxylic acids is 1. The van der Waals surface area contributed by atoms with Gasteiger partial charge in [0.15, 0.2) is 11.9 Å². The number of esters is 1. The van der Waals surface area contributed by atoms with Gasteiger partial charge in [-0.1, -0.05) is 30.3 Å². The molecule has 0 aliphatic heterocycles. The van der Waals surface area contributed by atoms with Crippen LogP contribution in [0.4, 0.5) is 0 Å². The molecule has 2 heterocycles. The standard InChI is InChI=1S/C19H15N3O3/c1-11(17-21-16-9-5-3-7-13(16)18(23)22-17)25-19(24)14-10-20-15-8-4-2-6-12(14)15/h2-11,20H,1H3,(H,21,22,23)/t11-/m1/s1. The lowest BCUT2D eigenvalue weighted by atomic mass is 10.2. The first-order valence-electron chi connectivity index (χ1n) is 7.89. The van der Waals surface area contributed by atoms with E-state index in [2.05, 4.69) is 15.0 Å². The normalized spacial score (nSPS) is 12.4. The lowest BCUT2D eigenvalue weighted by Gasteiger charge is -2.12. The highest BCUT2D eigenvalue weighted by Crippen LogP contribution is 2.22. The van der Waals surface area contributed by atoms with Crippen LogP contribution in [-0.2, 0) is 4.74 Å². The Morgan fingerprint density at radius 1 is 1.08 bits per heavy atom. The number of rotatable bonds is 3. The number of nitrogens with zero attached hydrogens (tertiary/aromatic N) is 1. The molecule has 6 heteroatoms. The summed E-state index contributed by atoms with van der Waals surface area (Å²) in [6.45, 7) is 1.68. The number of H-pyrrole nitrogens is 2. The van der Waals surface area contributed by atoms with Crippen molar-refractivity contribution in [2.45, 2.75) is 13.0 Å². The smallest absolute Gasteiger partial charge is 0.341 e. The highest BCUT2D eigenvalue weighted by atomic mass is 16.5. The van der Waals surface area contributed by atoms with E-state index in [9.17, 15) is 9.59 Å². The van der Waals surface area contributed by atoms with Gasteiger partial charge in [-0.2, -0.15) is 0 Å². The van der Waals surface area contributed by atoms with Gasteiger partial charge < -0.3 is 14.7 Å². The zero-order valence-corrected chi connectivity index (χ0v) is 13.4. The van der Waals surface area contributed by atoms with Crippen molar-refractivity contribution >= 4 is 27.8 Å². The van der Waals surface area contributed by atoms with Crippen molar-refractivity contribution in [1.82, 2.24) is 15.0 Å². The summed E-state index contributed by atoms with van der Waals surface area (Å²) >= 11 is 0. The van der Waals surface area contributed by atoms with Crippen LogP contribution in [0.15, 0.2) is 59.5 Å². The summed E-state index contributed by atoms with van der Waals surface area (Å²) in [5.41, 5.74) is 1.62. The second-order valence-corrected chi connectivity index (χ2v) is 5.76. The topological polar surface area (TPSA) is 87.8 Å². The molecule has 2 aromatic heterocycles. The summed E-state index contributed by atoms with van der Waals surface area (Å²) < 4.78 is 5.50. The van der Waals surface area contributed by atoms with Crippen LogP contribution in [0.2, 0.25) is 0 Å². The molecular formula is C19H15N3O3. The summed E-state index contributed by atoms with van der Waals surface area (Å²) in [6.07, 6.45) is 0.939. The fourth-order valence-electron chi connectivity index (χ4n) is 2.82. The van der Waals surface area contributed by atoms with E-state index in [-0.39, 0.29) is 5.56 Å². The Morgan fingerprint density at radius 3 is 2.64 bits per heavy atom. The van der Waals surface area contributed by atoms with Crippen LogP contribution in [0.25, 0.3) is 21.8 Å². The Balaban J connectivity index is 1.64. The van der Waals surface area contributed by atoms with Gasteiger partial charge in [-0.05, 0) is 25.1 Å². The van der Waals surface area contributed by atoms with Crippen molar-refractivity contribution in [3.63, 3.8) is 0 Å². The summed E-state index contributed by atoms with van der Waals surface area (Å²) in [5.74, 6) is -0.155. The van der Waals surface area contributed by atoms with E-state index in [1.54, 1.807) is 37.4 Å². The van der Waals surface area contributed by atoms with Crippen LogP contribution in [0, 0.1) is 0 Å². The molecule has 1 atom stereocenters. The second kappa shape index (κ2) is 5.90. The first kappa shape index (κ1) is 15.1. The Kier molecular flexibility index (Phi) is 3.57. The third-order valence-electron chi connectivity index (χ3n) is 4.11. The quantitative estimate of drug-likeness (QED) is 0.563. The van der Waals surface area contributed by atoms with Crippen LogP contribution in [0.1, 0.15) is 29.2 Å². The Morgan fingerprint density at radius 2 is 1.80 bits per heavy atom. The van der Waals surface area contributed by atoms with Crippen molar-refractivity contribution in [2.75, 3.05) is 0 Å². The zero-order chi connectivity index (χ0) is 17.4. The first-order valence-corrected chi connectivity index (χ1v) is 7.89. The molecule has 124 valence electrons.